The van der Waals surface area contributed by atoms with E-state index in [9.17, 15) is 18.0 Å². The van der Waals surface area contributed by atoms with E-state index in [1.54, 1.807) is 16.7 Å². The van der Waals surface area contributed by atoms with Gasteiger partial charge < -0.3 is 9.72 Å². The van der Waals surface area contributed by atoms with Crippen LogP contribution in [0.3, 0.4) is 0 Å². The highest BCUT2D eigenvalue weighted by molar-refractivity contribution is 7.92. The molecule has 0 unspecified atom stereocenters. The third kappa shape index (κ3) is 5.91. The maximum atomic E-state index is 12.0. The second-order valence-electron chi connectivity index (χ2n) is 6.75. The van der Waals surface area contributed by atoms with Gasteiger partial charge in [-0.1, -0.05) is 42.0 Å². The van der Waals surface area contributed by atoms with E-state index < -0.39 is 22.5 Å². The third-order valence-electron chi connectivity index (χ3n) is 4.41. The summed E-state index contributed by atoms with van der Waals surface area (Å²) in [7, 11) is -3.76. The molecule has 0 aliphatic heterocycles. The summed E-state index contributed by atoms with van der Waals surface area (Å²) in [5.41, 5.74) is 3.11. The minimum absolute atomic E-state index is 0.0751. The lowest BCUT2D eigenvalue weighted by atomic mass is 10.2. The highest BCUT2D eigenvalue weighted by atomic mass is 32.2. The zero-order chi connectivity index (χ0) is 21.6. The first-order valence-electron chi connectivity index (χ1n) is 9.42. The summed E-state index contributed by atoms with van der Waals surface area (Å²) < 4.78 is 32.7. The number of nitrogens with zero attached hydrogens (tertiary/aromatic N) is 1. The largest absolute Gasteiger partial charge is 0.465 e. The number of carbonyl (C=O) groups is 1. The maximum absolute atomic E-state index is 12.0. The van der Waals surface area contributed by atoms with Gasteiger partial charge in [0.2, 0.25) is 10.0 Å². The number of aryl methyl sites for hydroxylation is 2. The van der Waals surface area contributed by atoms with Gasteiger partial charge >= 0.3 is 11.7 Å². The lowest BCUT2D eigenvalue weighted by Gasteiger charge is -2.06. The van der Waals surface area contributed by atoms with Crippen LogP contribution in [0.1, 0.15) is 17.5 Å². The van der Waals surface area contributed by atoms with Gasteiger partial charge in [-0.15, -0.1) is 0 Å². The molecule has 0 aliphatic carbocycles. The molecular weight excluding hydrogens is 406 g/mol. The fourth-order valence-corrected chi connectivity index (χ4v) is 3.59. The summed E-state index contributed by atoms with van der Waals surface area (Å²) >= 11 is 0. The predicted molar refractivity (Wildman–Crippen MR) is 115 cm³/mol. The van der Waals surface area contributed by atoms with Gasteiger partial charge in [0, 0.05) is 12.0 Å². The van der Waals surface area contributed by atoms with E-state index in [4.69, 9.17) is 4.74 Å². The number of hydrogen-bond acceptors (Lipinski definition) is 5. The van der Waals surface area contributed by atoms with Gasteiger partial charge in [0.25, 0.3) is 0 Å². The number of H-pyrrole nitrogens is 1. The number of esters is 1. The number of imidazole rings is 1. The predicted octanol–water partition coefficient (Wildman–Crippen LogP) is 2.16. The van der Waals surface area contributed by atoms with Gasteiger partial charge in [-0.3, -0.25) is 9.36 Å². The second-order valence-corrected chi connectivity index (χ2v) is 8.40. The lowest BCUT2D eigenvalue weighted by molar-refractivity contribution is -0.142. The smallest absolute Gasteiger partial charge is 0.326 e. The van der Waals surface area contributed by atoms with E-state index in [0.717, 1.165) is 27.6 Å². The third-order valence-corrected chi connectivity index (χ3v) is 5.45. The molecule has 0 spiro atoms. The molecule has 2 aromatic carbocycles. The van der Waals surface area contributed by atoms with Crippen molar-refractivity contribution in [1.82, 2.24) is 14.3 Å². The molecule has 0 saturated carbocycles. The van der Waals surface area contributed by atoms with E-state index in [-0.39, 0.29) is 12.3 Å². The fraction of sp³-hybridized carbons (Fsp3) is 0.238. The summed E-state index contributed by atoms with van der Waals surface area (Å²) in [5.74, 6) is -0.686. The van der Waals surface area contributed by atoms with Crippen LogP contribution in [0, 0.1) is 6.92 Å². The van der Waals surface area contributed by atoms with Gasteiger partial charge in [-0.2, -0.15) is 0 Å². The van der Waals surface area contributed by atoms with Gasteiger partial charge in [0.1, 0.15) is 6.54 Å². The molecule has 158 valence electrons. The zero-order valence-corrected chi connectivity index (χ0v) is 17.3. The van der Waals surface area contributed by atoms with Crippen LogP contribution in [-0.4, -0.2) is 37.1 Å². The van der Waals surface area contributed by atoms with E-state index in [1.165, 1.54) is 6.08 Å². The Bertz CT molecular complexity index is 1210. The molecule has 0 bridgehead atoms. The molecule has 0 fully saturated rings. The number of aromatic amines is 1. The fourth-order valence-electron chi connectivity index (χ4n) is 2.84. The number of fused-ring (bicyclic) bond motifs is 1. The molecule has 0 aliphatic rings. The Hall–Kier alpha value is -3.17. The first-order valence-corrected chi connectivity index (χ1v) is 11.0. The van der Waals surface area contributed by atoms with Crippen LogP contribution in [0.5, 0.6) is 0 Å². The van der Waals surface area contributed by atoms with Crippen LogP contribution in [0.15, 0.2) is 58.7 Å². The summed E-state index contributed by atoms with van der Waals surface area (Å²) in [5, 5.41) is 1.01. The number of ether oxygens (including phenoxy) is 1. The Morgan fingerprint density at radius 2 is 1.90 bits per heavy atom. The summed E-state index contributed by atoms with van der Waals surface area (Å²) in [6, 6.07) is 14.7. The van der Waals surface area contributed by atoms with Crippen LogP contribution in [0.25, 0.3) is 17.1 Å². The van der Waals surface area contributed by atoms with Gasteiger partial charge in [-0.05, 0) is 37.1 Å². The molecule has 0 saturated heterocycles. The van der Waals surface area contributed by atoms with Crippen molar-refractivity contribution in [3.63, 3.8) is 0 Å². The van der Waals surface area contributed by atoms with Crippen molar-refractivity contribution < 1.29 is 17.9 Å². The molecule has 0 radical (unpaired) electrons. The highest BCUT2D eigenvalue weighted by Gasteiger charge is 2.10. The maximum Gasteiger partial charge on any atom is 0.326 e. The molecule has 0 amide bonds. The Kier molecular flexibility index (Phi) is 6.86. The van der Waals surface area contributed by atoms with Gasteiger partial charge in [-0.25, -0.2) is 17.9 Å². The number of hydrogen-bond donors (Lipinski definition) is 2. The van der Waals surface area contributed by atoms with Crippen molar-refractivity contribution in [2.75, 3.05) is 13.2 Å². The van der Waals surface area contributed by atoms with E-state index >= 15 is 0 Å². The van der Waals surface area contributed by atoms with Gasteiger partial charge in [0.05, 0.1) is 17.6 Å². The number of para-hydroxylation sites is 2. The van der Waals surface area contributed by atoms with Crippen molar-refractivity contribution in [1.29, 1.82) is 0 Å². The molecule has 30 heavy (non-hydrogen) atoms. The van der Waals surface area contributed by atoms with Crippen LogP contribution in [0.2, 0.25) is 0 Å². The average Bonchev–Trinajstić information content (AvgIpc) is 3.04. The average molecular weight is 429 g/mol. The van der Waals surface area contributed by atoms with Crippen LogP contribution in [-0.2, 0) is 26.1 Å². The van der Waals surface area contributed by atoms with Crippen LogP contribution < -0.4 is 10.4 Å². The number of nitrogens with one attached hydrogen (secondary N) is 2. The quantitative estimate of drug-likeness (QED) is 0.400. The topological polar surface area (TPSA) is 110 Å². The number of sulfonamides is 1. The Labute approximate surface area is 174 Å². The Morgan fingerprint density at radius 1 is 1.17 bits per heavy atom. The molecule has 1 heterocycles. The Morgan fingerprint density at radius 3 is 2.67 bits per heavy atom. The number of rotatable bonds is 9. The van der Waals surface area contributed by atoms with Crippen molar-refractivity contribution in [3.8, 4) is 0 Å². The normalized spacial score (nSPS) is 11.9. The van der Waals surface area contributed by atoms with E-state index in [1.807, 2.05) is 43.3 Å². The molecule has 8 nitrogen and oxygen atoms in total. The molecule has 1 aromatic heterocycles. The minimum Gasteiger partial charge on any atom is -0.465 e. The summed E-state index contributed by atoms with van der Waals surface area (Å²) in [6.07, 6.45) is 1.87. The molecule has 2 N–H and O–H groups in total. The highest BCUT2D eigenvalue weighted by Crippen LogP contribution is 2.09. The first-order chi connectivity index (χ1) is 14.3. The van der Waals surface area contributed by atoms with Gasteiger partial charge in [0.15, 0.2) is 0 Å². The van der Waals surface area contributed by atoms with Crippen LogP contribution in [0.4, 0.5) is 0 Å². The van der Waals surface area contributed by atoms with E-state index in [0.29, 0.717) is 13.0 Å². The zero-order valence-electron chi connectivity index (χ0n) is 16.5. The standard InChI is InChI=1S/C21H23N3O5S/c1-16-7-9-17(10-8-16)11-14-30(27,28)22-15-20(25)29-13-4-12-24-19-6-3-2-5-18(19)23-21(24)26/h2-3,5-11,14,22H,4,12-13,15H2,1H3,(H,23,26). The van der Waals surface area contributed by atoms with Crippen molar-refractivity contribution >= 4 is 33.1 Å². The first kappa shape index (κ1) is 21.5. The van der Waals surface area contributed by atoms with Crippen molar-refractivity contribution in [3.05, 3.63) is 75.6 Å². The molecule has 0 atom stereocenters. The number of benzene rings is 2. The second kappa shape index (κ2) is 9.55. The number of carbonyl (C=O) groups excluding carboxylic acids is 1. The SMILES string of the molecule is Cc1ccc(C=CS(=O)(=O)NCC(=O)OCCCn2c(=O)[nH]c3ccccc32)cc1. The monoisotopic (exact) mass is 429 g/mol. The Balaban J connectivity index is 1.42. The summed E-state index contributed by atoms with van der Waals surface area (Å²) in [4.78, 5) is 26.5. The molecule has 3 aromatic rings. The summed E-state index contributed by atoms with van der Waals surface area (Å²) in [6.45, 7) is 1.93. The van der Waals surface area contributed by atoms with E-state index in [2.05, 4.69) is 9.71 Å². The lowest BCUT2D eigenvalue weighted by Crippen LogP contribution is -2.29. The minimum atomic E-state index is -3.76. The molecular formula is C21H23N3O5S. The van der Waals surface area contributed by atoms with Crippen molar-refractivity contribution in [2.45, 2.75) is 19.9 Å². The molecule has 9 heteroatoms. The van der Waals surface area contributed by atoms with Crippen molar-refractivity contribution in [2.24, 2.45) is 0 Å². The van der Waals surface area contributed by atoms with Crippen LogP contribution >= 0.6 is 0 Å². The number of aromatic nitrogens is 2. The molecule has 3 rings (SSSR count).